The molecule has 0 radical (unpaired) electrons. The molecule has 5 aromatic rings. The van der Waals surface area contributed by atoms with Crippen LogP contribution in [0.3, 0.4) is 0 Å². The average Bonchev–Trinajstić information content (AvgIpc) is 3.24. The minimum absolute atomic E-state index is 0.378. The molecule has 0 saturated carbocycles. The summed E-state index contributed by atoms with van der Waals surface area (Å²) in [5, 5.41) is 4.60. The lowest BCUT2D eigenvalue weighted by Crippen LogP contribution is -2.41. The third-order valence-corrected chi connectivity index (χ3v) is 7.09. The molecule has 1 fully saturated rings. The fourth-order valence-electron chi connectivity index (χ4n) is 4.65. The molecule has 1 saturated heterocycles. The molecule has 1 aliphatic rings. The van der Waals surface area contributed by atoms with E-state index in [2.05, 4.69) is 100 Å². The Morgan fingerprint density at radius 3 is 2.09 bits per heavy atom. The second-order valence-electron chi connectivity index (χ2n) is 9.66. The summed E-state index contributed by atoms with van der Waals surface area (Å²) in [5.41, 5.74) is 4.39. The Morgan fingerprint density at radius 1 is 0.656 bits per heavy atom. The van der Waals surface area contributed by atoms with Crippen LogP contribution in [0.1, 0.15) is 27.7 Å². The monoisotopic (exact) mass is 420 g/mol. The van der Waals surface area contributed by atoms with Crippen LogP contribution in [0, 0.1) is 0 Å². The fourth-order valence-corrected chi connectivity index (χ4v) is 4.65. The summed E-state index contributed by atoms with van der Waals surface area (Å²) in [4.78, 5) is 0. The Kier molecular flexibility index (Phi) is 4.11. The van der Waals surface area contributed by atoms with Gasteiger partial charge in [-0.2, -0.15) is 0 Å². The molecule has 3 nitrogen and oxygen atoms in total. The molecule has 0 bridgehead atoms. The molecule has 0 aliphatic carbocycles. The van der Waals surface area contributed by atoms with Crippen molar-refractivity contribution in [3.8, 4) is 11.1 Å². The maximum absolute atomic E-state index is 6.34. The van der Waals surface area contributed by atoms with Gasteiger partial charge in [0.25, 0.3) is 0 Å². The van der Waals surface area contributed by atoms with Crippen molar-refractivity contribution in [2.45, 2.75) is 38.9 Å². The van der Waals surface area contributed by atoms with E-state index in [4.69, 9.17) is 13.7 Å². The molecule has 1 aromatic heterocycles. The lowest BCUT2D eigenvalue weighted by atomic mass is 9.78. The quantitative estimate of drug-likeness (QED) is 0.298. The lowest BCUT2D eigenvalue weighted by molar-refractivity contribution is 0.00578. The molecule has 4 heteroatoms. The summed E-state index contributed by atoms with van der Waals surface area (Å²) in [5.74, 6) is 0. The number of rotatable bonds is 2. The van der Waals surface area contributed by atoms with Crippen molar-refractivity contribution in [2.75, 3.05) is 0 Å². The van der Waals surface area contributed by atoms with E-state index < -0.39 is 7.12 Å². The standard InChI is InChI=1S/C28H25BO3/c1-27(2)28(3,4)32-29(31-27)20-14-15-23-22(17-20)26-24(30-23)16-19-12-8-9-13-21(19)25(26)18-10-6-5-7-11-18/h5-17H,1-4H3. The van der Waals surface area contributed by atoms with E-state index in [1.807, 2.05) is 6.07 Å². The second kappa shape index (κ2) is 6.71. The van der Waals surface area contributed by atoms with Crippen molar-refractivity contribution >= 4 is 45.3 Å². The first-order valence-corrected chi connectivity index (χ1v) is 11.1. The molecular formula is C28H25BO3. The molecule has 0 atom stereocenters. The predicted octanol–water partition coefficient (Wildman–Crippen LogP) is 6.71. The second-order valence-corrected chi connectivity index (χ2v) is 9.66. The number of furan rings is 1. The van der Waals surface area contributed by atoms with Crippen LogP contribution < -0.4 is 5.46 Å². The van der Waals surface area contributed by atoms with E-state index in [-0.39, 0.29) is 11.2 Å². The van der Waals surface area contributed by atoms with Crippen molar-refractivity contribution in [2.24, 2.45) is 0 Å². The molecule has 0 spiro atoms. The lowest BCUT2D eigenvalue weighted by Gasteiger charge is -2.32. The summed E-state index contributed by atoms with van der Waals surface area (Å²) >= 11 is 0. The first kappa shape index (κ1) is 19.6. The smallest absolute Gasteiger partial charge is 0.456 e. The zero-order valence-electron chi connectivity index (χ0n) is 18.8. The van der Waals surface area contributed by atoms with Crippen LogP contribution in [0.4, 0.5) is 0 Å². The predicted molar refractivity (Wildman–Crippen MR) is 132 cm³/mol. The van der Waals surface area contributed by atoms with Gasteiger partial charge >= 0.3 is 7.12 Å². The highest BCUT2D eigenvalue weighted by Crippen LogP contribution is 2.42. The van der Waals surface area contributed by atoms with Crippen LogP contribution in [0.2, 0.25) is 0 Å². The maximum Gasteiger partial charge on any atom is 0.494 e. The van der Waals surface area contributed by atoms with Gasteiger partial charge in [0.1, 0.15) is 11.2 Å². The van der Waals surface area contributed by atoms with Gasteiger partial charge < -0.3 is 13.7 Å². The highest BCUT2D eigenvalue weighted by Gasteiger charge is 2.51. The molecule has 0 N–H and O–H groups in total. The number of benzene rings is 4. The zero-order valence-corrected chi connectivity index (χ0v) is 18.8. The van der Waals surface area contributed by atoms with Crippen LogP contribution >= 0.6 is 0 Å². The van der Waals surface area contributed by atoms with E-state index in [1.165, 1.54) is 21.9 Å². The van der Waals surface area contributed by atoms with Gasteiger partial charge in [-0.3, -0.25) is 0 Å². The number of hydrogen-bond donors (Lipinski definition) is 0. The van der Waals surface area contributed by atoms with Crippen molar-refractivity contribution in [1.82, 2.24) is 0 Å². The van der Waals surface area contributed by atoms with Gasteiger partial charge in [0.05, 0.1) is 11.2 Å². The topological polar surface area (TPSA) is 31.6 Å². The summed E-state index contributed by atoms with van der Waals surface area (Å²) in [7, 11) is -0.407. The summed E-state index contributed by atoms with van der Waals surface area (Å²) in [6.07, 6.45) is 0. The van der Waals surface area contributed by atoms with Crippen LogP contribution in [-0.4, -0.2) is 18.3 Å². The van der Waals surface area contributed by atoms with Crippen molar-refractivity contribution < 1.29 is 13.7 Å². The van der Waals surface area contributed by atoms with E-state index in [1.54, 1.807) is 0 Å². The number of fused-ring (bicyclic) bond motifs is 4. The minimum Gasteiger partial charge on any atom is -0.456 e. The first-order chi connectivity index (χ1) is 15.3. The molecule has 4 aromatic carbocycles. The number of hydrogen-bond acceptors (Lipinski definition) is 3. The Balaban J connectivity index is 1.64. The van der Waals surface area contributed by atoms with Crippen LogP contribution in [-0.2, 0) is 9.31 Å². The van der Waals surface area contributed by atoms with Gasteiger partial charge in [-0.15, -0.1) is 0 Å². The molecular weight excluding hydrogens is 395 g/mol. The highest BCUT2D eigenvalue weighted by atomic mass is 16.7. The fraction of sp³-hybridized carbons (Fsp3) is 0.214. The van der Waals surface area contributed by atoms with Crippen molar-refractivity contribution in [1.29, 1.82) is 0 Å². The third kappa shape index (κ3) is 2.83. The molecule has 32 heavy (non-hydrogen) atoms. The van der Waals surface area contributed by atoms with Gasteiger partial charge in [-0.1, -0.05) is 66.7 Å². The van der Waals surface area contributed by atoms with Gasteiger partial charge in [0.2, 0.25) is 0 Å². The first-order valence-electron chi connectivity index (χ1n) is 11.1. The Bertz CT molecular complexity index is 1460. The maximum atomic E-state index is 6.34. The van der Waals surface area contributed by atoms with Gasteiger partial charge in [0, 0.05) is 16.3 Å². The molecule has 2 heterocycles. The summed E-state index contributed by atoms with van der Waals surface area (Å²) in [6, 6.07) is 27.5. The molecule has 158 valence electrons. The van der Waals surface area contributed by atoms with Gasteiger partial charge in [-0.25, -0.2) is 0 Å². The summed E-state index contributed by atoms with van der Waals surface area (Å²) in [6.45, 7) is 8.33. The van der Waals surface area contributed by atoms with Crippen LogP contribution in [0.5, 0.6) is 0 Å². The Labute approximate surface area is 188 Å². The van der Waals surface area contributed by atoms with Crippen molar-refractivity contribution in [3.05, 3.63) is 78.9 Å². The minimum atomic E-state index is -0.407. The highest BCUT2D eigenvalue weighted by molar-refractivity contribution is 6.62. The van der Waals surface area contributed by atoms with E-state index in [9.17, 15) is 0 Å². The molecule has 6 rings (SSSR count). The van der Waals surface area contributed by atoms with Crippen LogP contribution in [0.25, 0.3) is 43.8 Å². The molecule has 0 unspecified atom stereocenters. The average molecular weight is 420 g/mol. The van der Waals surface area contributed by atoms with E-state index in [0.29, 0.717) is 0 Å². The Hall–Kier alpha value is -3.08. The SMILES string of the molecule is CC1(C)OB(c2ccc3oc4cc5ccccc5c(-c5ccccc5)c4c3c2)OC1(C)C. The van der Waals surface area contributed by atoms with Crippen LogP contribution in [0.15, 0.2) is 83.3 Å². The largest absolute Gasteiger partial charge is 0.494 e. The Morgan fingerprint density at radius 2 is 1.34 bits per heavy atom. The zero-order chi connectivity index (χ0) is 22.1. The summed E-state index contributed by atoms with van der Waals surface area (Å²) < 4.78 is 19.0. The van der Waals surface area contributed by atoms with Crippen molar-refractivity contribution in [3.63, 3.8) is 0 Å². The van der Waals surface area contributed by atoms with Gasteiger partial charge in [0.15, 0.2) is 0 Å². The molecule has 0 amide bonds. The normalized spacial score (nSPS) is 17.6. The van der Waals surface area contributed by atoms with E-state index >= 15 is 0 Å². The molecule has 1 aliphatic heterocycles. The third-order valence-electron chi connectivity index (χ3n) is 7.09. The van der Waals surface area contributed by atoms with E-state index in [0.717, 1.165) is 27.4 Å². The van der Waals surface area contributed by atoms with Gasteiger partial charge in [-0.05, 0) is 61.6 Å².